The summed E-state index contributed by atoms with van der Waals surface area (Å²) in [6, 6.07) is 11.8. The molecule has 3 rings (SSSR count). The molecular weight excluding hydrogens is 276 g/mol. The first-order valence-electron chi connectivity index (χ1n) is 7.59. The monoisotopic (exact) mass is 296 g/mol. The summed E-state index contributed by atoms with van der Waals surface area (Å²) >= 11 is 0. The Balaban J connectivity index is 1.65. The van der Waals surface area contributed by atoms with E-state index in [0.29, 0.717) is 12.0 Å². The molecule has 4 nitrogen and oxygen atoms in total. The Labute approximate surface area is 130 Å². The molecule has 1 aromatic heterocycles. The van der Waals surface area contributed by atoms with E-state index >= 15 is 0 Å². The van der Waals surface area contributed by atoms with Gasteiger partial charge in [0.25, 0.3) is 0 Å². The van der Waals surface area contributed by atoms with Crippen molar-refractivity contribution in [1.82, 2.24) is 10.3 Å². The second-order valence-electron chi connectivity index (χ2n) is 5.59. The average Bonchev–Trinajstić information content (AvgIpc) is 2.57. The van der Waals surface area contributed by atoms with Crippen molar-refractivity contribution in [3.63, 3.8) is 0 Å². The van der Waals surface area contributed by atoms with E-state index < -0.39 is 0 Å². The number of morpholine rings is 1. The van der Waals surface area contributed by atoms with Crippen molar-refractivity contribution in [2.75, 3.05) is 19.7 Å². The van der Waals surface area contributed by atoms with Gasteiger partial charge in [0, 0.05) is 37.0 Å². The highest BCUT2D eigenvalue weighted by molar-refractivity contribution is 5.97. The van der Waals surface area contributed by atoms with Gasteiger partial charge in [-0.1, -0.05) is 24.3 Å². The molecule has 1 fully saturated rings. The van der Waals surface area contributed by atoms with Gasteiger partial charge in [-0.05, 0) is 30.2 Å². The summed E-state index contributed by atoms with van der Waals surface area (Å²) in [5.41, 5.74) is 3.75. The fraction of sp³-hybridized carbons (Fsp3) is 0.333. The summed E-state index contributed by atoms with van der Waals surface area (Å²) in [6.07, 6.45) is 2.15. The number of nitrogens with one attached hydrogen (secondary N) is 1. The molecule has 0 radical (unpaired) electrons. The zero-order valence-electron chi connectivity index (χ0n) is 12.7. The van der Waals surface area contributed by atoms with Gasteiger partial charge in [-0.2, -0.15) is 0 Å². The number of pyridine rings is 1. The maximum absolute atomic E-state index is 12.2. The van der Waals surface area contributed by atoms with Gasteiger partial charge in [-0.3, -0.25) is 9.78 Å². The molecule has 4 heteroatoms. The lowest BCUT2D eigenvalue weighted by Crippen LogP contribution is -2.33. The number of ketones is 1. The van der Waals surface area contributed by atoms with Crippen molar-refractivity contribution in [1.29, 1.82) is 0 Å². The van der Waals surface area contributed by atoms with Crippen LogP contribution in [-0.4, -0.2) is 30.5 Å². The number of carbonyl (C=O) groups excluding carboxylic acids is 1. The number of ether oxygens (including phenoxy) is 1. The predicted octanol–water partition coefficient (Wildman–Crippen LogP) is 2.48. The van der Waals surface area contributed by atoms with Crippen LogP contribution < -0.4 is 5.32 Å². The Bertz CT molecular complexity index is 629. The van der Waals surface area contributed by atoms with Gasteiger partial charge >= 0.3 is 0 Å². The number of hydrogen-bond donors (Lipinski definition) is 1. The van der Waals surface area contributed by atoms with Crippen LogP contribution in [0, 0.1) is 6.92 Å². The van der Waals surface area contributed by atoms with E-state index in [4.69, 9.17) is 4.74 Å². The predicted molar refractivity (Wildman–Crippen MR) is 85.0 cm³/mol. The third kappa shape index (κ3) is 3.59. The summed E-state index contributed by atoms with van der Waals surface area (Å²) in [6.45, 7) is 4.40. The first kappa shape index (κ1) is 14.9. The van der Waals surface area contributed by atoms with Crippen LogP contribution >= 0.6 is 0 Å². The molecule has 0 amide bonds. The number of hydrogen-bond acceptors (Lipinski definition) is 4. The summed E-state index contributed by atoms with van der Waals surface area (Å²) in [5, 5.41) is 3.32. The van der Waals surface area contributed by atoms with Crippen molar-refractivity contribution in [2.45, 2.75) is 19.4 Å². The molecule has 2 heterocycles. The molecule has 114 valence electrons. The lowest BCUT2D eigenvalue weighted by atomic mass is 10.0. The minimum Gasteiger partial charge on any atom is -0.371 e. The molecule has 1 saturated heterocycles. The average molecular weight is 296 g/mol. The lowest BCUT2D eigenvalue weighted by molar-refractivity contribution is 0.0277. The van der Waals surface area contributed by atoms with E-state index in [1.807, 2.05) is 43.3 Å². The van der Waals surface area contributed by atoms with E-state index in [1.165, 1.54) is 0 Å². The Kier molecular flexibility index (Phi) is 4.61. The van der Waals surface area contributed by atoms with E-state index in [1.54, 1.807) is 6.20 Å². The molecule has 0 unspecified atom stereocenters. The van der Waals surface area contributed by atoms with E-state index in [2.05, 4.69) is 10.3 Å². The highest BCUT2D eigenvalue weighted by Crippen LogP contribution is 2.19. The van der Waals surface area contributed by atoms with Crippen LogP contribution in [0.4, 0.5) is 0 Å². The van der Waals surface area contributed by atoms with Crippen LogP contribution in [0.15, 0.2) is 42.6 Å². The van der Waals surface area contributed by atoms with Gasteiger partial charge in [-0.15, -0.1) is 0 Å². The first-order valence-corrected chi connectivity index (χ1v) is 7.59. The van der Waals surface area contributed by atoms with Crippen LogP contribution in [-0.2, 0) is 11.2 Å². The van der Waals surface area contributed by atoms with E-state index in [9.17, 15) is 4.79 Å². The SMILES string of the molecule is Cc1ccc(C(=O)Cc2ccc([C@H]3CNCCO3)cc2)cn1. The molecule has 2 aromatic rings. The van der Waals surface area contributed by atoms with Crippen molar-refractivity contribution < 1.29 is 9.53 Å². The van der Waals surface area contributed by atoms with Gasteiger partial charge in [0.05, 0.1) is 12.7 Å². The van der Waals surface area contributed by atoms with Crippen LogP contribution in [0.25, 0.3) is 0 Å². The van der Waals surface area contributed by atoms with Crippen LogP contribution in [0.3, 0.4) is 0 Å². The van der Waals surface area contributed by atoms with Gasteiger partial charge < -0.3 is 10.1 Å². The number of rotatable bonds is 4. The van der Waals surface area contributed by atoms with Crippen LogP contribution in [0.2, 0.25) is 0 Å². The fourth-order valence-corrected chi connectivity index (χ4v) is 2.55. The van der Waals surface area contributed by atoms with Crippen molar-refractivity contribution >= 4 is 5.78 Å². The van der Waals surface area contributed by atoms with E-state index in [-0.39, 0.29) is 11.9 Å². The third-order valence-electron chi connectivity index (χ3n) is 3.88. The number of aryl methyl sites for hydroxylation is 1. The normalized spacial score (nSPS) is 18.1. The molecule has 1 N–H and O–H groups in total. The second kappa shape index (κ2) is 6.81. The zero-order chi connectivity index (χ0) is 15.4. The maximum Gasteiger partial charge on any atom is 0.168 e. The minimum atomic E-state index is 0.0934. The highest BCUT2D eigenvalue weighted by atomic mass is 16.5. The van der Waals surface area contributed by atoms with Crippen LogP contribution in [0.5, 0.6) is 0 Å². The topological polar surface area (TPSA) is 51.2 Å². The molecule has 1 aliphatic heterocycles. The lowest BCUT2D eigenvalue weighted by Gasteiger charge is -2.24. The summed E-state index contributed by atoms with van der Waals surface area (Å²) < 4.78 is 5.73. The molecule has 1 atom stereocenters. The summed E-state index contributed by atoms with van der Waals surface area (Å²) in [5.74, 6) is 0.0934. The third-order valence-corrected chi connectivity index (χ3v) is 3.88. The Morgan fingerprint density at radius 2 is 2.09 bits per heavy atom. The summed E-state index contributed by atoms with van der Waals surface area (Å²) in [7, 11) is 0. The Hall–Kier alpha value is -2.04. The van der Waals surface area contributed by atoms with E-state index in [0.717, 1.165) is 36.5 Å². The number of aromatic nitrogens is 1. The van der Waals surface area contributed by atoms with Gasteiger partial charge in [0.15, 0.2) is 5.78 Å². The van der Waals surface area contributed by atoms with Gasteiger partial charge in [0.2, 0.25) is 0 Å². The molecule has 0 spiro atoms. The highest BCUT2D eigenvalue weighted by Gasteiger charge is 2.15. The zero-order valence-corrected chi connectivity index (χ0v) is 12.7. The fourth-order valence-electron chi connectivity index (χ4n) is 2.55. The van der Waals surface area contributed by atoms with Crippen molar-refractivity contribution in [3.8, 4) is 0 Å². The number of carbonyl (C=O) groups is 1. The van der Waals surface area contributed by atoms with Gasteiger partial charge in [0.1, 0.15) is 0 Å². The standard InChI is InChI=1S/C18H20N2O2/c1-13-2-5-16(11-20-13)17(21)10-14-3-6-15(7-4-14)18-12-19-8-9-22-18/h2-7,11,18-19H,8-10,12H2,1H3/t18-/m1/s1. The second-order valence-corrected chi connectivity index (χ2v) is 5.59. The smallest absolute Gasteiger partial charge is 0.168 e. The molecule has 1 aromatic carbocycles. The summed E-state index contributed by atoms with van der Waals surface area (Å²) in [4.78, 5) is 16.4. The molecule has 0 aliphatic carbocycles. The maximum atomic E-state index is 12.2. The molecule has 1 aliphatic rings. The Morgan fingerprint density at radius 1 is 1.27 bits per heavy atom. The largest absolute Gasteiger partial charge is 0.371 e. The van der Waals surface area contributed by atoms with Crippen LogP contribution in [0.1, 0.15) is 33.3 Å². The number of nitrogens with zero attached hydrogens (tertiary/aromatic N) is 1. The van der Waals surface area contributed by atoms with Crippen molar-refractivity contribution in [2.24, 2.45) is 0 Å². The number of Topliss-reactive ketones (excluding diaryl/α,β-unsaturated/α-hetero) is 1. The molecular formula is C18H20N2O2. The first-order chi connectivity index (χ1) is 10.7. The minimum absolute atomic E-state index is 0.0934. The quantitative estimate of drug-likeness (QED) is 0.881. The Morgan fingerprint density at radius 3 is 2.73 bits per heavy atom. The number of benzene rings is 1. The molecule has 0 saturated carbocycles. The van der Waals surface area contributed by atoms with Crippen molar-refractivity contribution in [3.05, 3.63) is 65.0 Å². The molecule has 22 heavy (non-hydrogen) atoms. The molecule has 0 bridgehead atoms. The van der Waals surface area contributed by atoms with Gasteiger partial charge in [-0.25, -0.2) is 0 Å².